The molecule has 36 heavy (non-hydrogen) atoms. The van der Waals surface area contributed by atoms with Crippen LogP contribution in [-0.2, 0) is 28.1 Å². The molecule has 1 aromatic rings. The summed E-state index contributed by atoms with van der Waals surface area (Å²) >= 11 is 1.19. The number of nitrogens with zero attached hydrogens (tertiary/aromatic N) is 1. The SMILES string of the molecule is CC(C)OC(=O)C(C)N[P@](OCCSC(=O)C(C)(C)C)OCC1OC(n2ccc(=O)[nH]c2=O)CC1C. The minimum atomic E-state index is -1.70. The molecule has 5 atom stereocenters. The van der Waals surface area contributed by atoms with Gasteiger partial charge in [0.25, 0.3) is 14.1 Å². The topological polar surface area (TPSA) is 138 Å². The molecular formula is C23H38N3O8PS. The maximum absolute atomic E-state index is 12.3. The van der Waals surface area contributed by atoms with Gasteiger partial charge in [0.2, 0.25) is 0 Å². The minimum absolute atomic E-state index is 0.0639. The summed E-state index contributed by atoms with van der Waals surface area (Å²) in [5.74, 6) is 0.0807. The number of hydrogen-bond acceptors (Lipinski definition) is 10. The monoisotopic (exact) mass is 547 g/mol. The van der Waals surface area contributed by atoms with Crippen LogP contribution >= 0.6 is 20.3 Å². The third-order valence-electron chi connectivity index (χ3n) is 5.20. The molecule has 2 N–H and O–H groups in total. The molecule has 1 aliphatic heterocycles. The van der Waals surface area contributed by atoms with Crippen molar-refractivity contribution < 1.29 is 28.1 Å². The summed E-state index contributed by atoms with van der Waals surface area (Å²) in [5.41, 5.74) is -1.45. The molecule has 2 heterocycles. The smallest absolute Gasteiger partial charge is 0.330 e. The largest absolute Gasteiger partial charge is 0.462 e. The van der Waals surface area contributed by atoms with E-state index in [1.165, 1.54) is 28.6 Å². The first-order valence-electron chi connectivity index (χ1n) is 11.9. The molecule has 0 spiro atoms. The number of rotatable bonds is 12. The van der Waals surface area contributed by atoms with Crippen molar-refractivity contribution in [1.29, 1.82) is 0 Å². The molecule has 4 unspecified atom stereocenters. The molecular weight excluding hydrogens is 509 g/mol. The Bertz CT molecular complexity index is 993. The number of thioether (sulfide) groups is 1. The van der Waals surface area contributed by atoms with Crippen LogP contribution in [0.3, 0.4) is 0 Å². The molecule has 1 aliphatic rings. The summed E-state index contributed by atoms with van der Waals surface area (Å²) in [7, 11) is -1.70. The van der Waals surface area contributed by atoms with E-state index in [0.717, 1.165) is 0 Å². The molecule has 1 fully saturated rings. The van der Waals surface area contributed by atoms with E-state index in [0.29, 0.717) is 12.2 Å². The Kier molecular flexibility index (Phi) is 11.8. The second kappa shape index (κ2) is 13.8. The summed E-state index contributed by atoms with van der Waals surface area (Å²) in [6.07, 6.45) is 0.861. The maximum atomic E-state index is 12.3. The lowest BCUT2D eigenvalue weighted by molar-refractivity contribution is -0.149. The van der Waals surface area contributed by atoms with Gasteiger partial charge in [-0.1, -0.05) is 39.5 Å². The highest BCUT2D eigenvalue weighted by atomic mass is 32.2. The van der Waals surface area contributed by atoms with Crippen LogP contribution in [0.4, 0.5) is 0 Å². The summed E-state index contributed by atoms with van der Waals surface area (Å²) < 4.78 is 24.5. The zero-order chi connectivity index (χ0) is 27.0. The molecule has 0 radical (unpaired) electrons. The van der Waals surface area contributed by atoms with E-state index >= 15 is 0 Å². The van der Waals surface area contributed by atoms with Crippen molar-refractivity contribution in [2.45, 2.75) is 79.4 Å². The highest BCUT2D eigenvalue weighted by Gasteiger charge is 2.35. The first-order valence-corrected chi connectivity index (χ1v) is 14.1. The lowest BCUT2D eigenvalue weighted by atomic mass is 10.00. The molecule has 204 valence electrons. The van der Waals surface area contributed by atoms with Gasteiger partial charge in [-0.15, -0.1) is 0 Å². The van der Waals surface area contributed by atoms with E-state index < -0.39 is 43.4 Å². The fourth-order valence-corrected chi connectivity index (χ4v) is 5.26. The molecule has 0 aliphatic carbocycles. The second-order valence-electron chi connectivity index (χ2n) is 9.97. The van der Waals surface area contributed by atoms with Gasteiger partial charge in [-0.3, -0.25) is 23.9 Å². The zero-order valence-corrected chi connectivity index (χ0v) is 23.6. The number of aromatic nitrogens is 2. The average Bonchev–Trinajstić information content (AvgIpc) is 3.13. The van der Waals surface area contributed by atoms with Crippen molar-refractivity contribution in [2.75, 3.05) is 19.0 Å². The average molecular weight is 548 g/mol. The highest BCUT2D eigenvalue weighted by molar-refractivity contribution is 8.13. The molecule has 1 saturated heterocycles. The van der Waals surface area contributed by atoms with Gasteiger partial charge in [-0.05, 0) is 33.1 Å². The molecule has 13 heteroatoms. The van der Waals surface area contributed by atoms with Crippen LogP contribution in [0.15, 0.2) is 21.9 Å². The third-order valence-corrected chi connectivity index (χ3v) is 7.84. The van der Waals surface area contributed by atoms with Gasteiger partial charge in [-0.25, -0.2) is 9.88 Å². The number of hydrogen-bond donors (Lipinski definition) is 2. The van der Waals surface area contributed by atoms with Crippen LogP contribution in [0.2, 0.25) is 0 Å². The number of aromatic amines is 1. The van der Waals surface area contributed by atoms with Crippen LogP contribution in [-0.4, -0.2) is 57.9 Å². The van der Waals surface area contributed by atoms with E-state index in [-0.39, 0.29) is 36.5 Å². The summed E-state index contributed by atoms with van der Waals surface area (Å²) in [6, 6.07) is 0.604. The number of esters is 1. The van der Waals surface area contributed by atoms with E-state index in [2.05, 4.69) is 10.1 Å². The number of ether oxygens (including phenoxy) is 2. The Hall–Kier alpha value is -1.56. The van der Waals surface area contributed by atoms with Crippen LogP contribution in [0.25, 0.3) is 0 Å². The second-order valence-corrected chi connectivity index (χ2v) is 12.3. The van der Waals surface area contributed by atoms with Crippen LogP contribution in [0.1, 0.15) is 61.1 Å². The highest BCUT2D eigenvalue weighted by Crippen LogP contribution is 2.39. The normalized spacial score (nSPS) is 21.9. The Morgan fingerprint density at radius 1 is 1.28 bits per heavy atom. The Labute approximate surface area is 217 Å². The molecule has 2 rings (SSSR count). The van der Waals surface area contributed by atoms with Crippen LogP contribution < -0.4 is 16.3 Å². The molecule has 0 saturated carbocycles. The van der Waals surface area contributed by atoms with Crippen LogP contribution in [0, 0.1) is 11.3 Å². The van der Waals surface area contributed by atoms with E-state index in [1.807, 2.05) is 27.7 Å². The molecule has 11 nitrogen and oxygen atoms in total. The summed E-state index contributed by atoms with van der Waals surface area (Å²) in [6.45, 7) is 13.2. The van der Waals surface area contributed by atoms with E-state index in [4.69, 9.17) is 18.5 Å². The van der Waals surface area contributed by atoms with E-state index in [9.17, 15) is 19.2 Å². The Morgan fingerprint density at radius 2 is 1.97 bits per heavy atom. The van der Waals surface area contributed by atoms with Crippen molar-refractivity contribution in [1.82, 2.24) is 14.6 Å². The number of H-pyrrole nitrogens is 1. The maximum Gasteiger partial charge on any atom is 0.330 e. The van der Waals surface area contributed by atoms with Crippen molar-refractivity contribution in [3.63, 3.8) is 0 Å². The van der Waals surface area contributed by atoms with Gasteiger partial charge in [0.05, 0.1) is 25.4 Å². The minimum Gasteiger partial charge on any atom is -0.462 e. The van der Waals surface area contributed by atoms with Gasteiger partial charge >= 0.3 is 11.7 Å². The molecule has 1 aromatic heterocycles. The first kappa shape index (κ1) is 30.7. The van der Waals surface area contributed by atoms with Crippen molar-refractivity contribution >= 4 is 31.4 Å². The van der Waals surface area contributed by atoms with Gasteiger partial charge in [-0.2, -0.15) is 0 Å². The molecule has 0 amide bonds. The van der Waals surface area contributed by atoms with Crippen molar-refractivity contribution in [2.24, 2.45) is 11.3 Å². The van der Waals surface area contributed by atoms with Gasteiger partial charge < -0.3 is 18.5 Å². The standard InChI is InChI=1S/C23H38N3O8PS/c1-14(2)33-20(28)16(4)25-35(31-10-11-36-21(29)23(5,6)7)32-13-17-15(3)12-19(34-17)26-9-8-18(27)24-22(26)30/h8-9,14-17,19,25H,10-13H2,1-7H3,(H,24,27,30)/t15?,16?,17?,19?,35-/m1/s1. The fourth-order valence-electron chi connectivity index (χ4n) is 3.17. The number of nitrogens with one attached hydrogen (secondary N) is 2. The lowest BCUT2D eigenvalue weighted by Crippen LogP contribution is -2.35. The van der Waals surface area contributed by atoms with Gasteiger partial charge in [0.15, 0.2) is 5.12 Å². The van der Waals surface area contributed by atoms with E-state index in [1.54, 1.807) is 20.8 Å². The van der Waals surface area contributed by atoms with Gasteiger partial charge in [0, 0.05) is 23.4 Å². The van der Waals surface area contributed by atoms with Crippen molar-refractivity contribution in [3.05, 3.63) is 33.1 Å². The zero-order valence-electron chi connectivity index (χ0n) is 21.9. The predicted molar refractivity (Wildman–Crippen MR) is 139 cm³/mol. The Balaban J connectivity index is 1.97. The summed E-state index contributed by atoms with van der Waals surface area (Å²) in [5, 5.41) is 3.10. The first-order chi connectivity index (χ1) is 16.8. The van der Waals surface area contributed by atoms with Crippen LogP contribution in [0.5, 0.6) is 0 Å². The summed E-state index contributed by atoms with van der Waals surface area (Å²) in [4.78, 5) is 50.1. The quantitative estimate of drug-likeness (QED) is 0.228. The molecule has 0 bridgehead atoms. The number of carbonyl (C=O) groups is 2. The third kappa shape index (κ3) is 9.72. The predicted octanol–water partition coefficient (Wildman–Crippen LogP) is 2.96. The fraction of sp³-hybridized carbons (Fsp3) is 0.739. The lowest BCUT2D eigenvalue weighted by Gasteiger charge is -2.24. The molecule has 0 aromatic carbocycles. The number of carbonyl (C=O) groups excluding carboxylic acids is 2. The Morgan fingerprint density at radius 3 is 2.58 bits per heavy atom. The van der Waals surface area contributed by atoms with Gasteiger partial charge in [0.1, 0.15) is 12.3 Å². The van der Waals surface area contributed by atoms with Crippen molar-refractivity contribution in [3.8, 4) is 0 Å².